The van der Waals surface area contributed by atoms with E-state index in [0.717, 1.165) is 23.9 Å². The minimum atomic E-state index is -0.664. The Morgan fingerprint density at radius 3 is 2.31 bits per heavy atom. The van der Waals surface area contributed by atoms with E-state index in [-0.39, 0.29) is 10.5 Å². The van der Waals surface area contributed by atoms with Crippen molar-refractivity contribution in [2.45, 2.75) is 11.8 Å². The summed E-state index contributed by atoms with van der Waals surface area (Å²) in [5.41, 5.74) is 0.00968. The van der Waals surface area contributed by atoms with Crippen molar-refractivity contribution in [1.29, 1.82) is 5.26 Å². The van der Waals surface area contributed by atoms with Crippen molar-refractivity contribution in [3.05, 3.63) is 29.3 Å². The molecule has 0 aromatic heterocycles. The maximum atomic E-state index is 13.1. The Kier molecular flexibility index (Phi) is 3.26. The smallest absolute Gasteiger partial charge is 0.141 e. The van der Waals surface area contributed by atoms with E-state index in [2.05, 4.69) is 0 Å². The fourth-order valence-corrected chi connectivity index (χ4v) is 1.59. The summed E-state index contributed by atoms with van der Waals surface area (Å²) in [7, 11) is 0. The van der Waals surface area contributed by atoms with Crippen LogP contribution in [0.3, 0.4) is 0 Å². The molecule has 0 aliphatic carbocycles. The van der Waals surface area contributed by atoms with Gasteiger partial charge >= 0.3 is 0 Å². The molecular weight excluding hydrogens is 192 g/mol. The van der Waals surface area contributed by atoms with Gasteiger partial charge in [-0.15, -0.1) is 11.8 Å². The Morgan fingerprint density at radius 1 is 1.38 bits per heavy atom. The molecule has 0 amide bonds. The molecule has 0 spiro atoms. The van der Waals surface area contributed by atoms with E-state index in [9.17, 15) is 8.78 Å². The van der Waals surface area contributed by atoms with Crippen molar-refractivity contribution < 1.29 is 8.78 Å². The molecule has 0 unspecified atom stereocenters. The zero-order valence-electron chi connectivity index (χ0n) is 6.97. The van der Waals surface area contributed by atoms with Crippen LogP contribution in [-0.4, -0.2) is 5.75 Å². The standard InChI is InChI=1S/C9H7F2NS/c1-2-13-9-7(10)3-6(5-12)4-8(9)11/h3-4H,2H2,1H3. The molecule has 0 saturated carbocycles. The first-order valence-electron chi connectivity index (χ1n) is 3.71. The Labute approximate surface area is 79.4 Å². The molecule has 0 heterocycles. The lowest BCUT2D eigenvalue weighted by Gasteiger charge is -2.02. The lowest BCUT2D eigenvalue weighted by Crippen LogP contribution is -1.90. The number of nitrogens with zero attached hydrogens (tertiary/aromatic N) is 1. The Bertz CT molecular complexity index is 334. The van der Waals surface area contributed by atoms with Gasteiger partial charge in [-0.25, -0.2) is 8.78 Å². The van der Waals surface area contributed by atoms with Crippen LogP contribution < -0.4 is 0 Å². The van der Waals surface area contributed by atoms with Crippen LogP contribution in [-0.2, 0) is 0 Å². The largest absolute Gasteiger partial charge is 0.206 e. The molecule has 0 saturated heterocycles. The number of rotatable bonds is 2. The molecule has 0 atom stereocenters. The molecule has 0 bridgehead atoms. The highest BCUT2D eigenvalue weighted by Crippen LogP contribution is 2.25. The van der Waals surface area contributed by atoms with E-state index >= 15 is 0 Å². The molecule has 0 aliphatic rings. The van der Waals surface area contributed by atoms with Crippen LogP contribution in [0.4, 0.5) is 8.78 Å². The number of halogens is 2. The second-order valence-electron chi connectivity index (χ2n) is 2.31. The van der Waals surface area contributed by atoms with Gasteiger partial charge in [-0.05, 0) is 17.9 Å². The summed E-state index contributed by atoms with van der Waals surface area (Å²) in [5.74, 6) is -0.730. The zero-order chi connectivity index (χ0) is 9.84. The molecule has 68 valence electrons. The Hall–Kier alpha value is -1.08. The van der Waals surface area contributed by atoms with E-state index in [4.69, 9.17) is 5.26 Å². The highest BCUT2D eigenvalue weighted by Gasteiger charge is 2.10. The quantitative estimate of drug-likeness (QED) is 0.684. The molecule has 0 aliphatic heterocycles. The number of hydrogen-bond acceptors (Lipinski definition) is 2. The van der Waals surface area contributed by atoms with Gasteiger partial charge in [0.15, 0.2) is 0 Å². The third-order valence-corrected chi connectivity index (χ3v) is 2.38. The summed E-state index contributed by atoms with van der Waals surface area (Å²) in [6.45, 7) is 1.81. The molecule has 0 radical (unpaired) electrons. The van der Waals surface area contributed by atoms with Gasteiger partial charge in [0.05, 0.1) is 16.5 Å². The summed E-state index contributed by atoms with van der Waals surface area (Å²) >= 11 is 1.09. The minimum absolute atomic E-state index is 0.00968. The zero-order valence-corrected chi connectivity index (χ0v) is 7.79. The summed E-state index contributed by atoms with van der Waals surface area (Å²) in [5, 5.41) is 8.42. The maximum Gasteiger partial charge on any atom is 0.141 e. The summed E-state index contributed by atoms with van der Waals surface area (Å²) in [4.78, 5) is -0.0125. The van der Waals surface area contributed by atoms with Gasteiger partial charge in [-0.2, -0.15) is 5.26 Å². The third-order valence-electron chi connectivity index (χ3n) is 1.42. The van der Waals surface area contributed by atoms with Gasteiger partial charge in [0.1, 0.15) is 11.6 Å². The monoisotopic (exact) mass is 199 g/mol. The summed E-state index contributed by atoms with van der Waals surface area (Å²) in [6, 6.07) is 3.77. The number of thioether (sulfide) groups is 1. The fraction of sp³-hybridized carbons (Fsp3) is 0.222. The number of nitriles is 1. The molecule has 0 N–H and O–H groups in total. The Morgan fingerprint density at radius 2 is 1.92 bits per heavy atom. The molecular formula is C9H7F2NS. The van der Waals surface area contributed by atoms with Gasteiger partial charge in [0.25, 0.3) is 0 Å². The van der Waals surface area contributed by atoms with Crippen molar-refractivity contribution in [3.63, 3.8) is 0 Å². The second kappa shape index (κ2) is 4.24. The van der Waals surface area contributed by atoms with E-state index in [1.807, 2.05) is 6.92 Å². The second-order valence-corrected chi connectivity index (χ2v) is 3.59. The van der Waals surface area contributed by atoms with Crippen LogP contribution >= 0.6 is 11.8 Å². The lowest BCUT2D eigenvalue weighted by atomic mass is 10.2. The predicted molar refractivity (Wildman–Crippen MR) is 47.5 cm³/mol. The van der Waals surface area contributed by atoms with Crippen molar-refractivity contribution in [1.82, 2.24) is 0 Å². The van der Waals surface area contributed by atoms with Crippen molar-refractivity contribution in [3.8, 4) is 6.07 Å². The molecule has 1 aromatic carbocycles. The average molecular weight is 199 g/mol. The van der Waals surface area contributed by atoms with Gasteiger partial charge in [-0.1, -0.05) is 6.92 Å². The molecule has 0 fully saturated rings. The number of hydrogen-bond donors (Lipinski definition) is 0. The van der Waals surface area contributed by atoms with Crippen LogP contribution in [0.2, 0.25) is 0 Å². The normalized spacial score (nSPS) is 9.69. The van der Waals surface area contributed by atoms with Crippen LogP contribution in [0.15, 0.2) is 17.0 Å². The summed E-state index contributed by atoms with van der Waals surface area (Å²) in [6.07, 6.45) is 0. The van der Waals surface area contributed by atoms with Crippen molar-refractivity contribution in [2.75, 3.05) is 5.75 Å². The van der Waals surface area contributed by atoms with Gasteiger partial charge < -0.3 is 0 Å². The molecule has 1 rings (SSSR count). The first-order chi connectivity index (χ1) is 6.19. The van der Waals surface area contributed by atoms with Crippen LogP contribution in [0, 0.1) is 23.0 Å². The fourth-order valence-electron chi connectivity index (χ4n) is 0.907. The molecule has 1 aromatic rings. The SMILES string of the molecule is CCSc1c(F)cc(C#N)cc1F. The topological polar surface area (TPSA) is 23.8 Å². The van der Waals surface area contributed by atoms with Gasteiger partial charge in [0.2, 0.25) is 0 Å². The van der Waals surface area contributed by atoms with E-state index in [1.54, 1.807) is 6.07 Å². The van der Waals surface area contributed by atoms with E-state index in [1.165, 1.54) is 0 Å². The van der Waals surface area contributed by atoms with E-state index < -0.39 is 11.6 Å². The average Bonchev–Trinajstić information content (AvgIpc) is 2.11. The highest BCUT2D eigenvalue weighted by atomic mass is 32.2. The highest BCUT2D eigenvalue weighted by molar-refractivity contribution is 7.99. The maximum absolute atomic E-state index is 13.1. The van der Waals surface area contributed by atoms with Crippen LogP contribution in [0.25, 0.3) is 0 Å². The van der Waals surface area contributed by atoms with E-state index in [0.29, 0.717) is 5.75 Å². The van der Waals surface area contributed by atoms with Gasteiger partial charge in [0, 0.05) is 0 Å². The summed E-state index contributed by atoms with van der Waals surface area (Å²) < 4.78 is 26.1. The lowest BCUT2D eigenvalue weighted by molar-refractivity contribution is 0.540. The third kappa shape index (κ3) is 2.19. The Balaban J connectivity index is 3.17. The van der Waals surface area contributed by atoms with Gasteiger partial charge in [-0.3, -0.25) is 0 Å². The van der Waals surface area contributed by atoms with Crippen LogP contribution in [0.5, 0.6) is 0 Å². The first-order valence-corrected chi connectivity index (χ1v) is 4.69. The number of benzene rings is 1. The van der Waals surface area contributed by atoms with Crippen molar-refractivity contribution >= 4 is 11.8 Å². The minimum Gasteiger partial charge on any atom is -0.206 e. The molecule has 13 heavy (non-hydrogen) atoms. The van der Waals surface area contributed by atoms with Crippen molar-refractivity contribution in [2.24, 2.45) is 0 Å². The predicted octanol–water partition coefficient (Wildman–Crippen LogP) is 2.95. The molecule has 4 heteroatoms. The molecule has 1 nitrogen and oxygen atoms in total. The first kappa shape index (κ1) is 10.0. The van der Waals surface area contributed by atoms with Crippen LogP contribution in [0.1, 0.15) is 12.5 Å².